The lowest BCUT2D eigenvalue weighted by atomic mass is 10.2. The van der Waals surface area contributed by atoms with E-state index in [-0.39, 0.29) is 0 Å². The number of rotatable bonds is 2. The third-order valence-electron chi connectivity index (χ3n) is 3.03. The van der Waals surface area contributed by atoms with Gasteiger partial charge in [-0.15, -0.1) is 0 Å². The molecule has 1 aliphatic rings. The second kappa shape index (κ2) is 4.78. The Morgan fingerprint density at radius 1 is 1.12 bits per heavy atom. The smallest absolute Gasteiger partial charge is 0.128 e. The summed E-state index contributed by atoms with van der Waals surface area (Å²) in [6, 6.07) is 0. The van der Waals surface area contributed by atoms with Gasteiger partial charge in [0.2, 0.25) is 0 Å². The molecular formula is C12H20N4. The minimum Gasteiger partial charge on any atom is -0.366 e. The summed E-state index contributed by atoms with van der Waals surface area (Å²) in [7, 11) is 0. The van der Waals surface area contributed by atoms with E-state index in [4.69, 9.17) is 0 Å². The summed E-state index contributed by atoms with van der Waals surface area (Å²) >= 11 is 0. The van der Waals surface area contributed by atoms with Gasteiger partial charge in [0.1, 0.15) is 5.82 Å². The highest BCUT2D eigenvalue weighted by atomic mass is 15.2. The van der Waals surface area contributed by atoms with E-state index in [2.05, 4.69) is 41.0 Å². The number of hydrogen-bond acceptors (Lipinski definition) is 4. The average Bonchev–Trinajstić information content (AvgIpc) is 2.29. The minimum atomic E-state index is 0.906. The van der Waals surface area contributed by atoms with E-state index in [0.29, 0.717) is 0 Å². The molecule has 1 aliphatic heterocycles. The molecule has 1 fully saturated rings. The summed E-state index contributed by atoms with van der Waals surface area (Å²) in [5.74, 6) is 0.953. The summed E-state index contributed by atoms with van der Waals surface area (Å²) in [6.07, 6.45) is 0.906. The van der Waals surface area contributed by atoms with Crippen molar-refractivity contribution in [1.29, 1.82) is 0 Å². The quantitative estimate of drug-likeness (QED) is 0.809. The van der Waals surface area contributed by atoms with Crippen molar-refractivity contribution in [3.8, 4) is 0 Å². The first kappa shape index (κ1) is 11.3. The molecule has 2 rings (SSSR count). The van der Waals surface area contributed by atoms with Crippen LogP contribution in [0.25, 0.3) is 0 Å². The Morgan fingerprint density at radius 3 is 2.19 bits per heavy atom. The van der Waals surface area contributed by atoms with Crippen molar-refractivity contribution in [2.24, 2.45) is 0 Å². The number of nitrogens with zero attached hydrogens (tertiary/aromatic N) is 3. The number of aryl methyl sites for hydroxylation is 3. The summed E-state index contributed by atoms with van der Waals surface area (Å²) < 4.78 is 0. The van der Waals surface area contributed by atoms with Gasteiger partial charge in [-0.05, 0) is 13.8 Å². The summed E-state index contributed by atoms with van der Waals surface area (Å²) in [5.41, 5.74) is 3.47. The predicted molar refractivity (Wildman–Crippen MR) is 66.0 cm³/mol. The summed E-state index contributed by atoms with van der Waals surface area (Å²) in [4.78, 5) is 11.5. The van der Waals surface area contributed by atoms with Gasteiger partial charge in [-0.25, -0.2) is 9.97 Å². The Labute approximate surface area is 97.1 Å². The fraction of sp³-hybridized carbons (Fsp3) is 0.667. The van der Waals surface area contributed by atoms with E-state index in [1.54, 1.807) is 0 Å². The topological polar surface area (TPSA) is 41.1 Å². The lowest BCUT2D eigenvalue weighted by Crippen LogP contribution is -2.44. The highest BCUT2D eigenvalue weighted by molar-refractivity contribution is 5.54. The van der Waals surface area contributed by atoms with Gasteiger partial charge in [-0.3, -0.25) is 0 Å². The maximum Gasteiger partial charge on any atom is 0.128 e. The fourth-order valence-electron chi connectivity index (χ4n) is 2.28. The molecule has 0 aliphatic carbocycles. The van der Waals surface area contributed by atoms with Crippen LogP contribution in [0.3, 0.4) is 0 Å². The molecule has 16 heavy (non-hydrogen) atoms. The molecule has 0 aromatic carbocycles. The van der Waals surface area contributed by atoms with Gasteiger partial charge in [-0.2, -0.15) is 0 Å². The zero-order valence-electron chi connectivity index (χ0n) is 10.4. The molecule has 0 atom stereocenters. The predicted octanol–water partition coefficient (Wildman–Crippen LogP) is 1.07. The van der Waals surface area contributed by atoms with Gasteiger partial charge in [-0.1, -0.05) is 6.92 Å². The molecule has 1 N–H and O–H groups in total. The van der Waals surface area contributed by atoms with E-state index in [1.807, 2.05) is 0 Å². The van der Waals surface area contributed by atoms with Gasteiger partial charge in [0.05, 0.1) is 17.1 Å². The van der Waals surface area contributed by atoms with Crippen molar-refractivity contribution in [1.82, 2.24) is 15.3 Å². The largest absolute Gasteiger partial charge is 0.366 e. The SMILES string of the molecule is CCc1nc(C)c(N2CCNCC2)c(C)n1. The maximum absolute atomic E-state index is 4.55. The molecular weight excluding hydrogens is 200 g/mol. The molecule has 4 heteroatoms. The maximum atomic E-state index is 4.55. The molecule has 4 nitrogen and oxygen atoms in total. The Balaban J connectivity index is 2.32. The third kappa shape index (κ3) is 2.16. The third-order valence-corrected chi connectivity index (χ3v) is 3.03. The molecule has 1 aromatic rings. The van der Waals surface area contributed by atoms with Crippen LogP contribution < -0.4 is 10.2 Å². The van der Waals surface area contributed by atoms with E-state index >= 15 is 0 Å². The molecule has 88 valence electrons. The lowest BCUT2D eigenvalue weighted by molar-refractivity contribution is 0.585. The van der Waals surface area contributed by atoms with Crippen LogP contribution >= 0.6 is 0 Å². The van der Waals surface area contributed by atoms with Gasteiger partial charge >= 0.3 is 0 Å². The second-order valence-corrected chi connectivity index (χ2v) is 4.25. The molecule has 0 bridgehead atoms. The molecule has 0 saturated carbocycles. The second-order valence-electron chi connectivity index (χ2n) is 4.25. The zero-order valence-corrected chi connectivity index (χ0v) is 10.4. The normalized spacial score (nSPS) is 16.6. The summed E-state index contributed by atoms with van der Waals surface area (Å²) in [6.45, 7) is 10.5. The van der Waals surface area contributed by atoms with Crippen molar-refractivity contribution in [2.45, 2.75) is 27.2 Å². The molecule has 0 radical (unpaired) electrons. The standard InChI is InChI=1S/C12H20N4/c1-4-11-14-9(2)12(10(3)15-11)16-7-5-13-6-8-16/h13H,4-8H2,1-3H3. The van der Waals surface area contributed by atoms with Gasteiger partial charge < -0.3 is 10.2 Å². The lowest BCUT2D eigenvalue weighted by Gasteiger charge is -2.31. The monoisotopic (exact) mass is 220 g/mol. The Hall–Kier alpha value is -1.16. The van der Waals surface area contributed by atoms with Crippen LogP contribution in [0.4, 0.5) is 5.69 Å². The number of hydrogen-bond donors (Lipinski definition) is 1. The van der Waals surface area contributed by atoms with Crippen LogP contribution in [0.2, 0.25) is 0 Å². The molecule has 1 aromatic heterocycles. The molecule has 0 amide bonds. The van der Waals surface area contributed by atoms with Crippen LogP contribution in [0, 0.1) is 13.8 Å². The molecule has 0 unspecified atom stereocenters. The Bertz CT molecular complexity index is 346. The zero-order chi connectivity index (χ0) is 11.5. The Kier molecular flexibility index (Phi) is 3.39. The molecule has 0 spiro atoms. The van der Waals surface area contributed by atoms with E-state index in [1.165, 1.54) is 5.69 Å². The van der Waals surface area contributed by atoms with Crippen molar-refractivity contribution < 1.29 is 0 Å². The van der Waals surface area contributed by atoms with E-state index in [0.717, 1.165) is 49.8 Å². The summed E-state index contributed by atoms with van der Waals surface area (Å²) in [5, 5.41) is 3.36. The number of piperazine rings is 1. The van der Waals surface area contributed by atoms with Crippen molar-refractivity contribution in [2.75, 3.05) is 31.1 Å². The van der Waals surface area contributed by atoms with Gasteiger partial charge in [0, 0.05) is 32.6 Å². The number of nitrogens with one attached hydrogen (secondary N) is 1. The minimum absolute atomic E-state index is 0.906. The van der Waals surface area contributed by atoms with Crippen LogP contribution in [0.1, 0.15) is 24.1 Å². The molecule has 2 heterocycles. The van der Waals surface area contributed by atoms with Crippen molar-refractivity contribution in [3.05, 3.63) is 17.2 Å². The number of aromatic nitrogens is 2. The first-order valence-corrected chi connectivity index (χ1v) is 6.02. The fourth-order valence-corrected chi connectivity index (χ4v) is 2.28. The van der Waals surface area contributed by atoms with Crippen LogP contribution in [-0.4, -0.2) is 36.1 Å². The van der Waals surface area contributed by atoms with Gasteiger partial charge in [0.15, 0.2) is 0 Å². The van der Waals surface area contributed by atoms with Crippen LogP contribution in [0.5, 0.6) is 0 Å². The van der Waals surface area contributed by atoms with Crippen LogP contribution in [0.15, 0.2) is 0 Å². The Morgan fingerprint density at radius 2 is 1.69 bits per heavy atom. The average molecular weight is 220 g/mol. The first-order chi connectivity index (χ1) is 7.72. The van der Waals surface area contributed by atoms with E-state index in [9.17, 15) is 0 Å². The van der Waals surface area contributed by atoms with E-state index < -0.39 is 0 Å². The first-order valence-electron chi connectivity index (χ1n) is 6.02. The highest BCUT2D eigenvalue weighted by Gasteiger charge is 2.16. The number of anilines is 1. The van der Waals surface area contributed by atoms with Crippen molar-refractivity contribution >= 4 is 5.69 Å². The van der Waals surface area contributed by atoms with Crippen molar-refractivity contribution in [3.63, 3.8) is 0 Å². The molecule has 1 saturated heterocycles. The van der Waals surface area contributed by atoms with Gasteiger partial charge in [0.25, 0.3) is 0 Å². The highest BCUT2D eigenvalue weighted by Crippen LogP contribution is 2.22. The van der Waals surface area contributed by atoms with Crippen LogP contribution in [-0.2, 0) is 6.42 Å².